The van der Waals surface area contributed by atoms with Gasteiger partial charge in [0.1, 0.15) is 0 Å². The highest BCUT2D eigenvalue weighted by atomic mass is 32.2. The zero-order chi connectivity index (χ0) is 12.8. The molecule has 0 bridgehead atoms. The predicted molar refractivity (Wildman–Crippen MR) is 67.4 cm³/mol. The van der Waals surface area contributed by atoms with Gasteiger partial charge in [-0.25, -0.2) is 8.42 Å². The maximum Gasteiger partial charge on any atom is 0.228 e. The molecule has 1 aliphatic carbocycles. The van der Waals surface area contributed by atoms with Crippen LogP contribution in [0.15, 0.2) is 0 Å². The molecule has 0 unspecified atom stereocenters. The molecule has 2 aliphatic heterocycles. The standard InChI is InChI=1S/C12H20N2O3S/c15-12(13-6-2-1-3-7-13)10-8-14(9-10)18(16,17)11-4-5-11/h10-11H,1-9H2. The van der Waals surface area contributed by atoms with Crippen LogP contribution >= 0.6 is 0 Å². The minimum atomic E-state index is -3.06. The molecule has 0 atom stereocenters. The molecule has 0 aromatic carbocycles. The van der Waals surface area contributed by atoms with Crippen molar-refractivity contribution in [1.82, 2.24) is 9.21 Å². The zero-order valence-corrected chi connectivity index (χ0v) is 11.4. The van der Waals surface area contributed by atoms with Crippen LogP contribution in [-0.4, -0.2) is 55.0 Å². The maximum atomic E-state index is 12.1. The summed E-state index contributed by atoms with van der Waals surface area (Å²) in [5, 5.41) is -0.150. The molecule has 6 heteroatoms. The molecule has 1 amide bonds. The Labute approximate surface area is 108 Å². The Bertz CT molecular complexity index is 432. The quantitative estimate of drug-likeness (QED) is 0.748. The molecule has 0 aromatic heterocycles. The van der Waals surface area contributed by atoms with Crippen molar-refractivity contribution >= 4 is 15.9 Å². The molecule has 0 spiro atoms. The third-order valence-electron chi connectivity index (χ3n) is 4.17. The Morgan fingerprint density at radius 1 is 1.00 bits per heavy atom. The summed E-state index contributed by atoms with van der Waals surface area (Å²) in [5.41, 5.74) is 0. The van der Waals surface area contributed by atoms with Gasteiger partial charge in [-0.1, -0.05) is 0 Å². The van der Waals surface area contributed by atoms with Crippen molar-refractivity contribution in [2.75, 3.05) is 26.2 Å². The van der Waals surface area contributed by atoms with E-state index in [2.05, 4.69) is 0 Å². The van der Waals surface area contributed by atoms with Crippen molar-refractivity contribution in [3.63, 3.8) is 0 Å². The number of sulfonamides is 1. The third-order valence-corrected chi connectivity index (χ3v) is 6.50. The average molecular weight is 272 g/mol. The second-order valence-corrected chi connectivity index (χ2v) is 7.86. The smallest absolute Gasteiger partial charge is 0.228 e. The SMILES string of the molecule is O=C(C1CN(S(=O)(=O)C2CC2)C1)N1CCCCC1. The van der Waals surface area contributed by atoms with Crippen molar-refractivity contribution in [3.05, 3.63) is 0 Å². The molecule has 1 saturated carbocycles. The van der Waals surface area contributed by atoms with Crippen LogP contribution in [0.2, 0.25) is 0 Å². The summed E-state index contributed by atoms with van der Waals surface area (Å²) in [4.78, 5) is 14.1. The second-order valence-electron chi connectivity index (χ2n) is 5.64. The minimum absolute atomic E-state index is 0.0865. The minimum Gasteiger partial charge on any atom is -0.342 e. The summed E-state index contributed by atoms with van der Waals surface area (Å²) in [5.74, 6) is 0.0774. The van der Waals surface area contributed by atoms with Crippen LogP contribution in [0.3, 0.4) is 0 Å². The normalized spacial score (nSPS) is 27.0. The van der Waals surface area contributed by atoms with Crippen LogP contribution in [0.5, 0.6) is 0 Å². The summed E-state index contributed by atoms with van der Waals surface area (Å²) in [6.07, 6.45) is 4.97. The lowest BCUT2D eigenvalue weighted by molar-refractivity contribution is -0.139. The lowest BCUT2D eigenvalue weighted by Gasteiger charge is -2.40. The number of nitrogens with zero attached hydrogens (tertiary/aromatic N) is 2. The highest BCUT2D eigenvalue weighted by Crippen LogP contribution is 2.35. The van der Waals surface area contributed by atoms with Crippen LogP contribution in [-0.2, 0) is 14.8 Å². The summed E-state index contributed by atoms with van der Waals surface area (Å²) >= 11 is 0. The Hall–Kier alpha value is -0.620. The number of likely N-dealkylation sites (tertiary alicyclic amines) is 1. The number of carbonyl (C=O) groups is 1. The summed E-state index contributed by atoms with van der Waals surface area (Å²) in [6.45, 7) is 2.53. The van der Waals surface area contributed by atoms with Crippen molar-refractivity contribution in [1.29, 1.82) is 0 Å². The molecule has 2 saturated heterocycles. The molecular weight excluding hydrogens is 252 g/mol. The maximum absolute atomic E-state index is 12.1. The monoisotopic (exact) mass is 272 g/mol. The van der Waals surface area contributed by atoms with Gasteiger partial charge in [-0.15, -0.1) is 0 Å². The number of hydrogen-bond donors (Lipinski definition) is 0. The molecule has 0 N–H and O–H groups in total. The van der Waals surface area contributed by atoms with Gasteiger partial charge >= 0.3 is 0 Å². The number of carbonyl (C=O) groups excluding carboxylic acids is 1. The lowest BCUT2D eigenvalue weighted by Crippen LogP contribution is -2.57. The molecule has 3 fully saturated rings. The molecule has 0 radical (unpaired) electrons. The van der Waals surface area contributed by atoms with Gasteiger partial charge in [-0.2, -0.15) is 4.31 Å². The van der Waals surface area contributed by atoms with Crippen LogP contribution in [0.25, 0.3) is 0 Å². The van der Waals surface area contributed by atoms with E-state index >= 15 is 0 Å². The van der Waals surface area contributed by atoms with Crippen LogP contribution < -0.4 is 0 Å². The first kappa shape index (κ1) is 12.4. The van der Waals surface area contributed by atoms with Gasteiger partial charge in [0.15, 0.2) is 0 Å². The van der Waals surface area contributed by atoms with Crippen molar-refractivity contribution in [2.45, 2.75) is 37.4 Å². The molecule has 102 valence electrons. The fraction of sp³-hybridized carbons (Fsp3) is 0.917. The van der Waals surface area contributed by atoms with E-state index in [1.807, 2.05) is 4.90 Å². The van der Waals surface area contributed by atoms with E-state index in [1.54, 1.807) is 0 Å². The summed E-state index contributed by atoms with van der Waals surface area (Å²) in [6, 6.07) is 0. The number of piperidine rings is 1. The van der Waals surface area contributed by atoms with E-state index in [-0.39, 0.29) is 17.1 Å². The predicted octanol–water partition coefficient (Wildman–Crippen LogP) is 0.423. The third kappa shape index (κ3) is 2.16. The van der Waals surface area contributed by atoms with Gasteiger partial charge in [0.05, 0.1) is 11.2 Å². The Morgan fingerprint density at radius 3 is 2.17 bits per heavy atom. The Kier molecular flexibility index (Phi) is 3.10. The largest absolute Gasteiger partial charge is 0.342 e. The summed E-state index contributed by atoms with van der Waals surface area (Å²) in [7, 11) is -3.06. The van der Waals surface area contributed by atoms with E-state index in [1.165, 1.54) is 10.7 Å². The van der Waals surface area contributed by atoms with Gasteiger partial charge in [-0.05, 0) is 32.1 Å². The molecule has 2 heterocycles. The molecule has 3 aliphatic rings. The van der Waals surface area contributed by atoms with Gasteiger partial charge in [0.25, 0.3) is 0 Å². The number of amides is 1. The van der Waals surface area contributed by atoms with E-state index < -0.39 is 10.0 Å². The highest BCUT2D eigenvalue weighted by Gasteiger charge is 2.47. The fourth-order valence-corrected chi connectivity index (χ4v) is 4.68. The van der Waals surface area contributed by atoms with Gasteiger partial charge < -0.3 is 4.90 Å². The first-order valence-electron chi connectivity index (χ1n) is 6.87. The second kappa shape index (κ2) is 4.49. The van der Waals surface area contributed by atoms with Gasteiger partial charge in [-0.3, -0.25) is 4.79 Å². The topological polar surface area (TPSA) is 57.7 Å². The average Bonchev–Trinajstić information content (AvgIpc) is 3.11. The van der Waals surface area contributed by atoms with Crippen LogP contribution in [0, 0.1) is 5.92 Å². The lowest BCUT2D eigenvalue weighted by atomic mass is 10.00. The molecular formula is C12H20N2O3S. The highest BCUT2D eigenvalue weighted by molar-refractivity contribution is 7.90. The van der Waals surface area contributed by atoms with E-state index in [0.717, 1.165) is 38.8 Å². The van der Waals surface area contributed by atoms with Crippen molar-refractivity contribution in [3.8, 4) is 0 Å². The van der Waals surface area contributed by atoms with E-state index in [0.29, 0.717) is 13.1 Å². The van der Waals surface area contributed by atoms with Crippen LogP contribution in [0.1, 0.15) is 32.1 Å². The molecule has 18 heavy (non-hydrogen) atoms. The first-order valence-corrected chi connectivity index (χ1v) is 8.37. The Morgan fingerprint density at radius 2 is 1.61 bits per heavy atom. The molecule has 5 nitrogen and oxygen atoms in total. The fourth-order valence-electron chi connectivity index (χ4n) is 2.75. The van der Waals surface area contributed by atoms with Crippen LogP contribution in [0.4, 0.5) is 0 Å². The first-order chi connectivity index (χ1) is 8.59. The number of hydrogen-bond acceptors (Lipinski definition) is 3. The zero-order valence-electron chi connectivity index (χ0n) is 10.5. The van der Waals surface area contributed by atoms with Crippen molar-refractivity contribution in [2.24, 2.45) is 5.92 Å². The Balaban J connectivity index is 1.53. The van der Waals surface area contributed by atoms with E-state index in [9.17, 15) is 13.2 Å². The van der Waals surface area contributed by atoms with Crippen molar-refractivity contribution < 1.29 is 13.2 Å². The van der Waals surface area contributed by atoms with Gasteiger partial charge in [0, 0.05) is 26.2 Å². The molecule has 0 aromatic rings. The van der Waals surface area contributed by atoms with E-state index in [4.69, 9.17) is 0 Å². The molecule has 3 rings (SSSR count). The van der Waals surface area contributed by atoms with Gasteiger partial charge in [0.2, 0.25) is 15.9 Å². The summed E-state index contributed by atoms with van der Waals surface area (Å²) < 4.78 is 25.3. The number of rotatable bonds is 3.